The van der Waals surface area contributed by atoms with Gasteiger partial charge < -0.3 is 43.0 Å². The molecule has 1 saturated carbocycles. The lowest BCUT2D eigenvalue weighted by atomic mass is 9.53. The molecule has 10 nitrogen and oxygen atoms in total. The number of benzene rings is 4. The molecular weight excluding hydrogens is 833 g/mol. The van der Waals surface area contributed by atoms with Gasteiger partial charge in [0.15, 0.2) is 12.1 Å². The molecule has 1 N–H and O–H groups in total. The molecule has 4 aromatic rings. The first-order valence-corrected chi connectivity index (χ1v) is 23.6. The Labute approximate surface area is 391 Å². The number of hydrogen-bond donors (Lipinski definition) is 1. The van der Waals surface area contributed by atoms with E-state index >= 15 is 0 Å². The molecule has 0 unspecified atom stereocenters. The number of ether oxygens (including phenoxy) is 8. The average Bonchev–Trinajstić information content (AvgIpc) is 3.66. The largest absolute Gasteiger partial charge is 0.497 e. The molecule has 1 heterocycles. The summed E-state index contributed by atoms with van der Waals surface area (Å²) in [6.07, 6.45) is 3.31. The van der Waals surface area contributed by atoms with E-state index in [4.69, 9.17) is 37.9 Å². The Morgan fingerprint density at radius 1 is 0.712 bits per heavy atom. The summed E-state index contributed by atoms with van der Waals surface area (Å²) in [5, 5.41) is 11.3. The molecule has 9 atom stereocenters. The third-order valence-electron chi connectivity index (χ3n) is 15.0. The molecule has 0 radical (unpaired) electrons. The van der Waals surface area contributed by atoms with E-state index in [1.807, 2.05) is 103 Å². The first kappa shape index (κ1) is 47.7. The number of aliphatic hydroxyl groups is 1. The molecule has 10 heteroatoms. The second-order valence-corrected chi connectivity index (χ2v) is 19.3. The zero-order valence-electron chi connectivity index (χ0n) is 39.7. The summed E-state index contributed by atoms with van der Waals surface area (Å²) < 4.78 is 51.3. The van der Waals surface area contributed by atoms with Crippen LogP contribution in [0.2, 0.25) is 0 Å². The summed E-state index contributed by atoms with van der Waals surface area (Å²) in [5.74, 6) is 2.17. The number of Topliss-reactive ketones (excluding diaryl/α,β-unsaturated/α-hetero) is 1. The zero-order chi connectivity index (χ0) is 46.4. The SMILES string of the molecule is COc1ccc(CO[C@@H]2[C@@H](OCc3ccc(OC)cc3)[C@H](O[C@H]3C=C(CO)[C@H](C(=O)c4ccccc4)C[C@@H]4C5=C(C(C)C)CC[C@]5(C)CC[C@@]34C)OC[C@H]2OCc2ccc(OC)cc2)cc1. The fourth-order valence-corrected chi connectivity index (χ4v) is 11.0. The summed E-state index contributed by atoms with van der Waals surface area (Å²) in [6.45, 7) is 10.1. The maximum Gasteiger partial charge on any atom is 0.187 e. The summed E-state index contributed by atoms with van der Waals surface area (Å²) in [7, 11) is 4.96. The summed E-state index contributed by atoms with van der Waals surface area (Å²) >= 11 is 0. The molecule has 4 aliphatic rings. The van der Waals surface area contributed by atoms with Gasteiger partial charge in [0.25, 0.3) is 0 Å². The average molecular weight is 901 g/mol. The fraction of sp³-hybridized carbons (Fsp3) is 0.482. The molecule has 352 valence electrons. The minimum absolute atomic E-state index is 0.0177. The van der Waals surface area contributed by atoms with E-state index < -0.39 is 42.0 Å². The van der Waals surface area contributed by atoms with E-state index in [9.17, 15) is 9.90 Å². The van der Waals surface area contributed by atoms with Crippen molar-refractivity contribution in [1.82, 2.24) is 0 Å². The van der Waals surface area contributed by atoms with Gasteiger partial charge in [-0.15, -0.1) is 0 Å². The van der Waals surface area contributed by atoms with E-state index in [0.29, 0.717) is 30.1 Å². The van der Waals surface area contributed by atoms with Crippen molar-refractivity contribution < 1.29 is 47.8 Å². The smallest absolute Gasteiger partial charge is 0.187 e. The Bertz CT molecular complexity index is 2290. The second kappa shape index (κ2) is 21.0. The van der Waals surface area contributed by atoms with Gasteiger partial charge in [-0.3, -0.25) is 4.79 Å². The topological polar surface area (TPSA) is 111 Å². The number of aliphatic hydroxyl groups excluding tert-OH is 1. The van der Waals surface area contributed by atoms with Crippen LogP contribution >= 0.6 is 0 Å². The molecule has 8 rings (SSSR count). The molecule has 0 aromatic heterocycles. The lowest BCUT2D eigenvalue weighted by Gasteiger charge is -2.53. The van der Waals surface area contributed by atoms with Crippen molar-refractivity contribution in [3.8, 4) is 17.2 Å². The van der Waals surface area contributed by atoms with Gasteiger partial charge in [0, 0.05) is 16.9 Å². The summed E-state index contributed by atoms with van der Waals surface area (Å²) in [4.78, 5) is 14.7. The number of allylic oxidation sites excluding steroid dienone is 2. The summed E-state index contributed by atoms with van der Waals surface area (Å²) in [6, 6.07) is 33.0. The van der Waals surface area contributed by atoms with Crippen LogP contribution in [0.4, 0.5) is 0 Å². The fourth-order valence-electron chi connectivity index (χ4n) is 11.0. The van der Waals surface area contributed by atoms with Crippen LogP contribution < -0.4 is 14.2 Å². The standard InChI is InChI=1S/C56H68O10/c1-36(2)45-25-26-55(3)27-28-56(4)47(50(45)55)30-46(51(58)40-11-9-8-10-12-40)41(31-57)29-49(56)66-54-53(64-34-39-17-23-44(61-7)24-18-39)52(63-33-38-15-21-43(60-6)22-16-38)48(35-65-54)62-32-37-13-19-42(59-5)20-14-37/h8-24,29,36,46-49,52-54,57H,25-28,30-35H2,1-7H3/t46-,47-,48-,49+,52+,53-,54+,55-,56-/m1/s1. The molecule has 4 aromatic carbocycles. The van der Waals surface area contributed by atoms with Crippen molar-refractivity contribution in [3.05, 3.63) is 148 Å². The van der Waals surface area contributed by atoms with Crippen LogP contribution in [0.25, 0.3) is 0 Å². The first-order valence-electron chi connectivity index (χ1n) is 23.6. The molecule has 1 saturated heterocycles. The lowest BCUT2D eigenvalue weighted by Crippen LogP contribution is -2.58. The van der Waals surface area contributed by atoms with Crippen LogP contribution in [-0.2, 0) is 43.5 Å². The highest BCUT2D eigenvalue weighted by atomic mass is 16.7. The monoisotopic (exact) mass is 900 g/mol. The molecule has 0 amide bonds. The molecule has 1 aliphatic heterocycles. The first-order chi connectivity index (χ1) is 32.0. The van der Waals surface area contributed by atoms with Crippen molar-refractivity contribution in [1.29, 1.82) is 0 Å². The predicted molar refractivity (Wildman–Crippen MR) is 253 cm³/mol. The number of fused-ring (bicyclic) bond motifs is 3. The van der Waals surface area contributed by atoms with Crippen LogP contribution in [0, 0.1) is 28.6 Å². The van der Waals surface area contributed by atoms with Crippen LogP contribution in [0.15, 0.2) is 126 Å². The number of carbonyl (C=O) groups is 1. The Morgan fingerprint density at radius 2 is 1.26 bits per heavy atom. The van der Waals surface area contributed by atoms with E-state index in [2.05, 4.69) is 33.8 Å². The third kappa shape index (κ3) is 10.2. The van der Waals surface area contributed by atoms with Crippen molar-refractivity contribution in [2.45, 2.75) is 110 Å². The molecule has 0 spiro atoms. The minimum atomic E-state index is -0.902. The van der Waals surface area contributed by atoms with Gasteiger partial charge in [-0.25, -0.2) is 0 Å². The van der Waals surface area contributed by atoms with Gasteiger partial charge in [0.05, 0.1) is 60.5 Å². The van der Waals surface area contributed by atoms with Gasteiger partial charge in [0.1, 0.15) is 35.6 Å². The van der Waals surface area contributed by atoms with Crippen LogP contribution in [0.3, 0.4) is 0 Å². The van der Waals surface area contributed by atoms with Gasteiger partial charge in [-0.1, -0.05) is 112 Å². The van der Waals surface area contributed by atoms with Crippen molar-refractivity contribution >= 4 is 5.78 Å². The lowest BCUT2D eigenvalue weighted by molar-refractivity contribution is -0.314. The Kier molecular flexibility index (Phi) is 15.2. The number of ketones is 1. The number of methoxy groups -OCH3 is 3. The highest BCUT2D eigenvalue weighted by Crippen LogP contribution is 2.64. The zero-order valence-corrected chi connectivity index (χ0v) is 39.7. The van der Waals surface area contributed by atoms with Crippen LogP contribution in [0.5, 0.6) is 17.2 Å². The predicted octanol–water partition coefficient (Wildman–Crippen LogP) is 10.5. The van der Waals surface area contributed by atoms with Gasteiger partial charge in [0.2, 0.25) is 0 Å². The maximum atomic E-state index is 14.7. The number of rotatable bonds is 18. The number of carbonyl (C=O) groups excluding carboxylic acids is 1. The molecule has 0 bridgehead atoms. The highest BCUT2D eigenvalue weighted by molar-refractivity contribution is 5.99. The highest BCUT2D eigenvalue weighted by Gasteiger charge is 2.58. The van der Waals surface area contributed by atoms with E-state index in [1.165, 1.54) is 11.1 Å². The molecule has 2 fully saturated rings. The number of hydrogen-bond acceptors (Lipinski definition) is 10. The van der Waals surface area contributed by atoms with E-state index in [1.54, 1.807) is 21.3 Å². The summed E-state index contributed by atoms with van der Waals surface area (Å²) in [5.41, 5.74) is 6.77. The van der Waals surface area contributed by atoms with Crippen molar-refractivity contribution in [2.75, 3.05) is 34.5 Å². The van der Waals surface area contributed by atoms with Gasteiger partial charge in [-0.05, 0) is 108 Å². The third-order valence-corrected chi connectivity index (χ3v) is 15.0. The van der Waals surface area contributed by atoms with Gasteiger partial charge in [-0.2, -0.15) is 0 Å². The van der Waals surface area contributed by atoms with Crippen molar-refractivity contribution in [3.63, 3.8) is 0 Å². The quantitative estimate of drug-likeness (QED) is 0.0765. The van der Waals surface area contributed by atoms with Crippen LogP contribution in [0.1, 0.15) is 86.8 Å². The van der Waals surface area contributed by atoms with Crippen LogP contribution in [-0.4, -0.2) is 76.1 Å². The second-order valence-electron chi connectivity index (χ2n) is 19.3. The van der Waals surface area contributed by atoms with Crippen molar-refractivity contribution in [2.24, 2.45) is 28.6 Å². The Balaban J connectivity index is 1.18. The normalized spacial score (nSPS) is 28.6. The molecule has 66 heavy (non-hydrogen) atoms. The molecule has 3 aliphatic carbocycles. The van der Waals surface area contributed by atoms with E-state index in [0.717, 1.165) is 59.6 Å². The van der Waals surface area contributed by atoms with E-state index in [-0.39, 0.29) is 43.5 Å². The Morgan fingerprint density at radius 3 is 1.79 bits per heavy atom. The Hall–Kier alpha value is -4.81. The minimum Gasteiger partial charge on any atom is -0.497 e. The maximum absolute atomic E-state index is 14.7. The van der Waals surface area contributed by atoms with Gasteiger partial charge >= 0.3 is 0 Å². The molecular formula is C56H68O10.